The van der Waals surface area contributed by atoms with Crippen LogP contribution < -0.4 is 11.1 Å². The van der Waals surface area contributed by atoms with Crippen LogP contribution in [0.4, 0.5) is 10.1 Å². The number of nitrogens with one attached hydrogen (secondary N) is 1. The third kappa shape index (κ3) is 3.94. The van der Waals surface area contributed by atoms with Crippen LogP contribution in [0.1, 0.15) is 19.4 Å². The zero-order chi connectivity index (χ0) is 12.8. The van der Waals surface area contributed by atoms with Crippen molar-refractivity contribution in [2.75, 3.05) is 18.5 Å². The zero-order valence-corrected chi connectivity index (χ0v) is 10.8. The second-order valence-electron chi connectivity index (χ2n) is 3.67. The highest BCUT2D eigenvalue weighted by molar-refractivity contribution is 7.80. The Kier molecular flexibility index (Phi) is 5.31. The van der Waals surface area contributed by atoms with Gasteiger partial charge in [-0.15, -0.1) is 0 Å². The molecule has 0 bridgehead atoms. The molecule has 94 valence electrons. The lowest BCUT2D eigenvalue weighted by atomic mass is 10.1. The minimum absolute atomic E-state index is 0.0439. The summed E-state index contributed by atoms with van der Waals surface area (Å²) in [6, 6.07) is 4.70. The minimum atomic E-state index is -0.411. The van der Waals surface area contributed by atoms with Crippen LogP contribution in [-0.4, -0.2) is 24.2 Å². The Bertz CT molecular complexity index is 398. The zero-order valence-electron chi connectivity index (χ0n) is 10.00. The molecule has 1 aromatic carbocycles. The van der Waals surface area contributed by atoms with Crippen LogP contribution >= 0.6 is 12.2 Å². The van der Waals surface area contributed by atoms with Crippen molar-refractivity contribution in [3.8, 4) is 0 Å². The number of halogens is 1. The lowest BCUT2D eigenvalue weighted by Crippen LogP contribution is -2.22. The molecule has 0 aromatic heterocycles. The van der Waals surface area contributed by atoms with Crippen molar-refractivity contribution in [1.29, 1.82) is 0 Å². The highest BCUT2D eigenvalue weighted by Gasteiger charge is 2.11. The Morgan fingerprint density at radius 1 is 1.59 bits per heavy atom. The van der Waals surface area contributed by atoms with E-state index in [1.807, 2.05) is 13.8 Å². The van der Waals surface area contributed by atoms with Crippen LogP contribution in [-0.2, 0) is 4.74 Å². The van der Waals surface area contributed by atoms with Crippen LogP contribution in [0.2, 0.25) is 0 Å². The van der Waals surface area contributed by atoms with E-state index < -0.39 is 5.82 Å². The van der Waals surface area contributed by atoms with Gasteiger partial charge in [0.25, 0.3) is 0 Å². The lowest BCUT2D eigenvalue weighted by Gasteiger charge is -2.16. The standard InChI is InChI=1S/C12H17FN2OS/c1-3-16-8(2)7-15-10-6-4-5-9(13)11(10)12(14)17/h4-6,8,15H,3,7H2,1-2H3,(H2,14,17). The molecule has 0 amide bonds. The Morgan fingerprint density at radius 2 is 2.29 bits per heavy atom. The molecule has 0 aliphatic rings. The van der Waals surface area contributed by atoms with Gasteiger partial charge in [-0.3, -0.25) is 0 Å². The SMILES string of the molecule is CCOC(C)CNc1cccc(F)c1C(N)=S. The maximum Gasteiger partial charge on any atom is 0.135 e. The molecule has 0 aliphatic heterocycles. The van der Waals surface area contributed by atoms with Crippen molar-refractivity contribution in [3.05, 3.63) is 29.6 Å². The highest BCUT2D eigenvalue weighted by Crippen LogP contribution is 2.18. The molecule has 0 saturated heterocycles. The van der Waals surface area contributed by atoms with Crippen molar-refractivity contribution >= 4 is 22.9 Å². The summed E-state index contributed by atoms with van der Waals surface area (Å²) in [7, 11) is 0. The van der Waals surface area contributed by atoms with Crippen LogP contribution in [0.15, 0.2) is 18.2 Å². The summed E-state index contributed by atoms with van der Waals surface area (Å²) >= 11 is 4.83. The third-order valence-electron chi connectivity index (χ3n) is 2.29. The van der Waals surface area contributed by atoms with E-state index in [1.54, 1.807) is 12.1 Å². The summed E-state index contributed by atoms with van der Waals surface area (Å²) in [6.07, 6.45) is 0.0439. The Balaban J connectivity index is 2.77. The van der Waals surface area contributed by atoms with Gasteiger partial charge in [0.15, 0.2) is 0 Å². The Labute approximate surface area is 106 Å². The molecule has 1 aromatic rings. The summed E-state index contributed by atoms with van der Waals surface area (Å²) < 4.78 is 18.9. The smallest absolute Gasteiger partial charge is 0.135 e. The van der Waals surface area contributed by atoms with Gasteiger partial charge in [-0.1, -0.05) is 18.3 Å². The van der Waals surface area contributed by atoms with Crippen LogP contribution in [0.5, 0.6) is 0 Å². The van der Waals surface area contributed by atoms with Gasteiger partial charge in [0, 0.05) is 18.8 Å². The maximum atomic E-state index is 13.5. The molecule has 1 rings (SSSR count). The van der Waals surface area contributed by atoms with Gasteiger partial charge in [-0.25, -0.2) is 4.39 Å². The van der Waals surface area contributed by atoms with Crippen molar-refractivity contribution in [2.45, 2.75) is 20.0 Å². The second kappa shape index (κ2) is 6.51. The first kappa shape index (κ1) is 13.9. The minimum Gasteiger partial charge on any atom is -0.389 e. The normalized spacial score (nSPS) is 12.2. The van der Waals surface area contributed by atoms with Crippen molar-refractivity contribution < 1.29 is 9.13 Å². The molecule has 0 heterocycles. The number of hydrogen-bond acceptors (Lipinski definition) is 3. The van der Waals surface area contributed by atoms with E-state index >= 15 is 0 Å². The predicted molar refractivity (Wildman–Crippen MR) is 71.9 cm³/mol. The fourth-order valence-corrected chi connectivity index (χ4v) is 1.73. The fraction of sp³-hybridized carbons (Fsp3) is 0.417. The molecule has 5 heteroatoms. The molecule has 0 saturated carbocycles. The van der Waals surface area contributed by atoms with Crippen molar-refractivity contribution in [1.82, 2.24) is 0 Å². The van der Waals surface area contributed by atoms with Crippen LogP contribution in [0.25, 0.3) is 0 Å². The number of nitrogens with two attached hydrogens (primary N) is 1. The molecule has 0 radical (unpaired) electrons. The lowest BCUT2D eigenvalue weighted by molar-refractivity contribution is 0.0855. The summed E-state index contributed by atoms with van der Waals surface area (Å²) in [5.41, 5.74) is 6.36. The van der Waals surface area contributed by atoms with Gasteiger partial charge < -0.3 is 15.8 Å². The Hall–Kier alpha value is -1.20. The van der Waals surface area contributed by atoms with Crippen LogP contribution in [0, 0.1) is 5.82 Å². The van der Waals surface area contributed by atoms with Gasteiger partial charge in [0.1, 0.15) is 10.8 Å². The van der Waals surface area contributed by atoms with E-state index in [9.17, 15) is 4.39 Å². The predicted octanol–water partition coefficient (Wildman–Crippen LogP) is 2.30. The molecule has 0 spiro atoms. The first-order chi connectivity index (χ1) is 8.06. The van der Waals surface area contributed by atoms with E-state index in [-0.39, 0.29) is 16.7 Å². The number of rotatable bonds is 6. The Morgan fingerprint density at radius 3 is 2.88 bits per heavy atom. The van der Waals surface area contributed by atoms with Crippen molar-refractivity contribution in [2.24, 2.45) is 5.73 Å². The first-order valence-electron chi connectivity index (χ1n) is 5.50. The number of benzene rings is 1. The molecule has 0 aliphatic carbocycles. The monoisotopic (exact) mass is 256 g/mol. The molecule has 3 N–H and O–H groups in total. The fourth-order valence-electron chi connectivity index (χ4n) is 1.52. The summed E-state index contributed by atoms with van der Waals surface area (Å²) in [6.45, 7) is 5.09. The highest BCUT2D eigenvalue weighted by atomic mass is 32.1. The van der Waals surface area contributed by atoms with Gasteiger partial charge in [-0.05, 0) is 26.0 Å². The molecular weight excluding hydrogens is 239 g/mol. The van der Waals surface area contributed by atoms with Gasteiger partial charge >= 0.3 is 0 Å². The topological polar surface area (TPSA) is 47.3 Å². The first-order valence-corrected chi connectivity index (χ1v) is 5.90. The maximum absolute atomic E-state index is 13.5. The van der Waals surface area contributed by atoms with Gasteiger partial charge in [0.2, 0.25) is 0 Å². The van der Waals surface area contributed by atoms with Crippen LogP contribution in [0.3, 0.4) is 0 Å². The van der Waals surface area contributed by atoms with E-state index in [2.05, 4.69) is 5.32 Å². The number of thiocarbonyl (C=S) groups is 1. The third-order valence-corrected chi connectivity index (χ3v) is 2.50. The summed E-state index contributed by atoms with van der Waals surface area (Å²) in [5.74, 6) is -0.411. The van der Waals surface area contributed by atoms with E-state index in [4.69, 9.17) is 22.7 Å². The van der Waals surface area contributed by atoms with E-state index in [0.717, 1.165) is 0 Å². The summed E-state index contributed by atoms with van der Waals surface area (Å²) in [5, 5.41) is 3.09. The molecule has 3 nitrogen and oxygen atoms in total. The average Bonchev–Trinajstić information content (AvgIpc) is 2.26. The van der Waals surface area contributed by atoms with E-state index in [0.29, 0.717) is 18.8 Å². The van der Waals surface area contributed by atoms with Crippen molar-refractivity contribution in [3.63, 3.8) is 0 Å². The molecule has 1 atom stereocenters. The van der Waals surface area contributed by atoms with E-state index in [1.165, 1.54) is 6.07 Å². The molecule has 0 fully saturated rings. The molecular formula is C12H17FN2OS. The largest absolute Gasteiger partial charge is 0.389 e. The van der Waals surface area contributed by atoms with Gasteiger partial charge in [-0.2, -0.15) is 0 Å². The number of anilines is 1. The van der Waals surface area contributed by atoms with Gasteiger partial charge in [0.05, 0.1) is 11.7 Å². The molecule has 17 heavy (non-hydrogen) atoms. The summed E-state index contributed by atoms with van der Waals surface area (Å²) in [4.78, 5) is 0.0506. The number of ether oxygens (including phenoxy) is 1. The number of hydrogen-bond donors (Lipinski definition) is 2. The molecule has 1 unspecified atom stereocenters. The second-order valence-corrected chi connectivity index (χ2v) is 4.11. The average molecular weight is 256 g/mol. The quantitative estimate of drug-likeness (QED) is 0.767.